The second-order valence-corrected chi connectivity index (χ2v) is 6.61. The molecule has 0 unspecified atom stereocenters. The molecule has 0 aliphatic rings. The van der Waals surface area contributed by atoms with Crippen LogP contribution in [-0.2, 0) is 11.2 Å². The number of hydrogen-bond acceptors (Lipinski definition) is 5. The van der Waals surface area contributed by atoms with Crippen LogP contribution in [0.15, 0.2) is 45.5 Å². The lowest BCUT2D eigenvalue weighted by Gasteiger charge is -2.12. The van der Waals surface area contributed by atoms with Crippen LogP contribution in [0.5, 0.6) is 0 Å². The van der Waals surface area contributed by atoms with Gasteiger partial charge >= 0.3 is 0 Å². The maximum atomic E-state index is 12.2. The molecule has 1 aromatic carbocycles. The van der Waals surface area contributed by atoms with Crippen LogP contribution in [0.2, 0.25) is 0 Å². The van der Waals surface area contributed by atoms with E-state index >= 15 is 0 Å². The maximum Gasteiger partial charge on any atom is 0.227 e. The number of halogens is 1. The molecule has 6 nitrogen and oxygen atoms in total. The molecular weight excluding hydrogens is 384 g/mol. The topological polar surface area (TPSA) is 80.9 Å². The number of anilines is 1. The second-order valence-electron chi connectivity index (χ2n) is 5.69. The molecule has 0 saturated carbocycles. The average molecular weight is 401 g/mol. The minimum absolute atomic E-state index is 0.0916. The number of hydrogen-bond donors (Lipinski definition) is 1. The van der Waals surface area contributed by atoms with Gasteiger partial charge in [-0.15, -0.1) is 0 Å². The van der Waals surface area contributed by atoms with Gasteiger partial charge in [-0.25, -0.2) is 0 Å². The van der Waals surface area contributed by atoms with E-state index in [-0.39, 0.29) is 12.3 Å². The summed E-state index contributed by atoms with van der Waals surface area (Å²) >= 11 is 3.45. The van der Waals surface area contributed by atoms with E-state index in [9.17, 15) is 4.79 Å². The zero-order valence-corrected chi connectivity index (χ0v) is 15.5. The normalized spacial score (nSPS) is 10.7. The Bertz CT molecular complexity index is 870. The van der Waals surface area contributed by atoms with E-state index in [0.717, 1.165) is 21.3 Å². The molecule has 0 fully saturated rings. The predicted molar refractivity (Wildman–Crippen MR) is 98.1 cm³/mol. The van der Waals surface area contributed by atoms with Crippen LogP contribution in [0, 0.1) is 13.8 Å². The van der Waals surface area contributed by atoms with Crippen LogP contribution in [-0.4, -0.2) is 21.0 Å². The monoisotopic (exact) mass is 400 g/mol. The van der Waals surface area contributed by atoms with Crippen LogP contribution in [0.4, 0.5) is 5.69 Å². The molecule has 3 aromatic rings. The van der Waals surface area contributed by atoms with Crippen LogP contribution >= 0.6 is 15.9 Å². The fourth-order valence-electron chi connectivity index (χ4n) is 2.49. The number of aromatic nitrogens is 3. The molecule has 3 rings (SSSR count). The van der Waals surface area contributed by atoms with Gasteiger partial charge in [0, 0.05) is 29.2 Å². The number of aryl methyl sites for hydroxylation is 3. The number of pyridine rings is 1. The van der Waals surface area contributed by atoms with Gasteiger partial charge in [0.2, 0.25) is 17.6 Å². The molecule has 0 atom stereocenters. The summed E-state index contributed by atoms with van der Waals surface area (Å²) in [6, 6.07) is 9.43. The van der Waals surface area contributed by atoms with Crippen molar-refractivity contribution in [3.63, 3.8) is 0 Å². The van der Waals surface area contributed by atoms with Crippen molar-refractivity contribution < 1.29 is 9.32 Å². The summed E-state index contributed by atoms with van der Waals surface area (Å²) in [4.78, 5) is 20.7. The van der Waals surface area contributed by atoms with Crippen molar-refractivity contribution in [2.75, 3.05) is 5.32 Å². The lowest BCUT2D eigenvalue weighted by atomic mass is 10.1. The predicted octanol–water partition coefficient (Wildman–Crippen LogP) is 4.08. The van der Waals surface area contributed by atoms with E-state index in [1.165, 1.54) is 0 Å². The Hall–Kier alpha value is -2.54. The van der Waals surface area contributed by atoms with Crippen molar-refractivity contribution in [2.45, 2.75) is 26.7 Å². The smallest absolute Gasteiger partial charge is 0.227 e. The van der Waals surface area contributed by atoms with Gasteiger partial charge in [-0.2, -0.15) is 4.98 Å². The van der Waals surface area contributed by atoms with Crippen LogP contribution in [0.25, 0.3) is 11.5 Å². The second kappa shape index (κ2) is 7.57. The molecule has 1 amide bonds. The molecule has 7 heteroatoms. The highest BCUT2D eigenvalue weighted by Gasteiger charge is 2.13. The Kier molecular flexibility index (Phi) is 5.23. The summed E-state index contributed by atoms with van der Waals surface area (Å²) < 4.78 is 6.19. The molecule has 0 saturated heterocycles. The molecular formula is C18H17BrN4O2. The summed E-state index contributed by atoms with van der Waals surface area (Å²) in [5.41, 5.74) is 3.50. The third-order valence-electron chi connectivity index (χ3n) is 3.69. The first-order chi connectivity index (χ1) is 12.0. The van der Waals surface area contributed by atoms with Crippen molar-refractivity contribution in [1.29, 1.82) is 0 Å². The van der Waals surface area contributed by atoms with Crippen LogP contribution in [0.3, 0.4) is 0 Å². The first-order valence-electron chi connectivity index (χ1n) is 7.83. The number of benzene rings is 1. The van der Waals surface area contributed by atoms with Gasteiger partial charge in [0.25, 0.3) is 0 Å². The largest absolute Gasteiger partial charge is 0.339 e. The van der Waals surface area contributed by atoms with Crippen molar-refractivity contribution in [3.05, 3.63) is 58.0 Å². The zero-order valence-electron chi connectivity index (χ0n) is 13.9. The lowest BCUT2D eigenvalue weighted by molar-refractivity contribution is -0.116. The number of carbonyl (C=O) groups excluding carboxylic acids is 1. The van der Waals surface area contributed by atoms with E-state index < -0.39 is 0 Å². The Morgan fingerprint density at radius 2 is 2.00 bits per heavy atom. The summed E-state index contributed by atoms with van der Waals surface area (Å²) in [7, 11) is 0. The highest BCUT2D eigenvalue weighted by Crippen LogP contribution is 2.25. The molecule has 2 aromatic heterocycles. The summed E-state index contributed by atoms with van der Waals surface area (Å²) in [6.07, 6.45) is 2.31. The fraction of sp³-hybridized carbons (Fsp3) is 0.222. The van der Waals surface area contributed by atoms with E-state index in [1.54, 1.807) is 12.3 Å². The SMILES string of the molecule is Cc1cc(Br)cc(C)c1NC(=O)CCc1nc(-c2ccccn2)no1. The van der Waals surface area contributed by atoms with Crippen molar-refractivity contribution in [2.24, 2.45) is 0 Å². The lowest BCUT2D eigenvalue weighted by Crippen LogP contribution is -2.14. The van der Waals surface area contributed by atoms with Crippen LogP contribution < -0.4 is 5.32 Å². The maximum absolute atomic E-state index is 12.2. The highest BCUT2D eigenvalue weighted by atomic mass is 79.9. The Morgan fingerprint density at radius 1 is 1.24 bits per heavy atom. The number of nitrogens with one attached hydrogen (secondary N) is 1. The quantitative estimate of drug-likeness (QED) is 0.697. The number of carbonyl (C=O) groups is 1. The molecule has 1 N–H and O–H groups in total. The van der Waals surface area contributed by atoms with E-state index in [2.05, 4.69) is 36.4 Å². The van der Waals surface area contributed by atoms with Crippen LogP contribution in [0.1, 0.15) is 23.4 Å². The van der Waals surface area contributed by atoms with Crippen molar-refractivity contribution in [1.82, 2.24) is 15.1 Å². The minimum atomic E-state index is -0.0916. The first kappa shape index (κ1) is 17.3. The zero-order chi connectivity index (χ0) is 17.8. The molecule has 0 radical (unpaired) electrons. The van der Waals surface area contributed by atoms with Crippen molar-refractivity contribution >= 4 is 27.5 Å². The van der Waals surface area contributed by atoms with Gasteiger partial charge in [-0.05, 0) is 49.2 Å². The Labute approximate surface area is 153 Å². The van der Waals surface area contributed by atoms with Gasteiger partial charge < -0.3 is 9.84 Å². The molecule has 0 aliphatic carbocycles. The number of rotatable bonds is 5. The van der Waals surface area contributed by atoms with E-state index in [4.69, 9.17) is 4.52 Å². The third-order valence-corrected chi connectivity index (χ3v) is 4.15. The molecule has 0 spiro atoms. The summed E-state index contributed by atoms with van der Waals surface area (Å²) in [5.74, 6) is 0.752. The molecule has 0 aliphatic heterocycles. The Morgan fingerprint density at radius 3 is 2.68 bits per heavy atom. The molecule has 25 heavy (non-hydrogen) atoms. The van der Waals surface area contributed by atoms with E-state index in [1.807, 2.05) is 38.1 Å². The Balaban J connectivity index is 1.61. The average Bonchev–Trinajstić information content (AvgIpc) is 3.06. The molecule has 128 valence electrons. The van der Waals surface area contributed by atoms with Gasteiger partial charge in [0.15, 0.2) is 0 Å². The number of nitrogens with zero attached hydrogens (tertiary/aromatic N) is 3. The standard InChI is InChI=1S/C18H17BrN4O2/c1-11-9-13(19)10-12(2)17(11)21-15(24)6-7-16-22-18(23-25-16)14-5-3-4-8-20-14/h3-5,8-10H,6-7H2,1-2H3,(H,21,24). The fourth-order valence-corrected chi connectivity index (χ4v) is 3.17. The molecule has 0 bridgehead atoms. The van der Waals surface area contributed by atoms with E-state index in [0.29, 0.717) is 23.8 Å². The third kappa shape index (κ3) is 4.30. The number of amides is 1. The van der Waals surface area contributed by atoms with Crippen molar-refractivity contribution in [3.8, 4) is 11.5 Å². The van der Waals surface area contributed by atoms with Gasteiger partial charge in [-0.1, -0.05) is 27.2 Å². The molecule has 2 heterocycles. The van der Waals surface area contributed by atoms with Gasteiger partial charge in [0.1, 0.15) is 5.69 Å². The minimum Gasteiger partial charge on any atom is -0.339 e. The summed E-state index contributed by atoms with van der Waals surface area (Å²) in [5, 5.41) is 6.85. The highest BCUT2D eigenvalue weighted by molar-refractivity contribution is 9.10. The van der Waals surface area contributed by atoms with Gasteiger partial charge in [-0.3, -0.25) is 9.78 Å². The summed E-state index contributed by atoms with van der Waals surface area (Å²) in [6.45, 7) is 3.93. The van der Waals surface area contributed by atoms with Gasteiger partial charge in [0.05, 0.1) is 0 Å². The first-order valence-corrected chi connectivity index (χ1v) is 8.63.